The molecule has 0 spiro atoms. The average molecular weight is 301 g/mol. The number of rotatable bonds is 1. The van der Waals surface area contributed by atoms with Crippen molar-refractivity contribution < 1.29 is 4.74 Å². The van der Waals surface area contributed by atoms with Crippen LogP contribution in [0, 0.1) is 0 Å². The lowest BCUT2D eigenvalue weighted by Crippen LogP contribution is -2.24. The van der Waals surface area contributed by atoms with Crippen molar-refractivity contribution >= 4 is 5.69 Å². The van der Waals surface area contributed by atoms with Crippen LogP contribution in [0.15, 0.2) is 66.7 Å². The van der Waals surface area contributed by atoms with E-state index < -0.39 is 0 Å². The molecule has 0 fully saturated rings. The largest absolute Gasteiger partial charge is 0.457 e. The number of hydrogen-bond acceptors (Lipinski definition) is 2. The topological polar surface area (TPSA) is 35.2 Å². The molecule has 0 saturated heterocycles. The lowest BCUT2D eigenvalue weighted by Gasteiger charge is -2.34. The molecular weight excluding hydrogens is 282 g/mol. The van der Waals surface area contributed by atoms with Gasteiger partial charge in [0.05, 0.1) is 0 Å². The van der Waals surface area contributed by atoms with E-state index in [2.05, 4.69) is 56.3 Å². The van der Waals surface area contributed by atoms with Gasteiger partial charge in [-0.25, -0.2) is 0 Å². The molecule has 1 aliphatic rings. The number of ether oxygens (including phenoxy) is 1. The molecule has 0 bridgehead atoms. The van der Waals surface area contributed by atoms with Crippen molar-refractivity contribution in [2.45, 2.75) is 19.3 Å². The first kappa shape index (κ1) is 13.9. The van der Waals surface area contributed by atoms with Crippen molar-refractivity contribution in [1.29, 1.82) is 0 Å². The third kappa shape index (κ3) is 2.18. The van der Waals surface area contributed by atoms with E-state index in [0.717, 1.165) is 22.7 Å². The Labute approximate surface area is 136 Å². The maximum absolute atomic E-state index is 6.10. The Bertz CT molecular complexity index is 879. The van der Waals surface area contributed by atoms with Crippen LogP contribution < -0.4 is 10.5 Å². The first-order chi connectivity index (χ1) is 11.1. The second kappa shape index (κ2) is 4.88. The van der Waals surface area contributed by atoms with Gasteiger partial charge in [0.15, 0.2) is 0 Å². The molecule has 2 heteroatoms. The van der Waals surface area contributed by atoms with Gasteiger partial charge < -0.3 is 10.5 Å². The van der Waals surface area contributed by atoms with Gasteiger partial charge in [0.25, 0.3) is 0 Å². The van der Waals surface area contributed by atoms with Gasteiger partial charge in [0.2, 0.25) is 0 Å². The maximum Gasteiger partial charge on any atom is 0.131 e. The molecule has 3 aromatic carbocycles. The fourth-order valence-electron chi connectivity index (χ4n) is 3.30. The number of fused-ring (bicyclic) bond motifs is 2. The molecule has 2 N–H and O–H groups in total. The third-order valence-electron chi connectivity index (χ3n) is 4.68. The van der Waals surface area contributed by atoms with Gasteiger partial charge in [-0.2, -0.15) is 0 Å². The van der Waals surface area contributed by atoms with Crippen LogP contribution in [0.3, 0.4) is 0 Å². The molecule has 4 rings (SSSR count). The molecule has 23 heavy (non-hydrogen) atoms. The van der Waals surface area contributed by atoms with Gasteiger partial charge in [-0.15, -0.1) is 0 Å². The summed E-state index contributed by atoms with van der Waals surface area (Å²) in [6, 6.07) is 22.7. The van der Waals surface area contributed by atoms with E-state index in [-0.39, 0.29) is 5.41 Å². The van der Waals surface area contributed by atoms with Crippen LogP contribution in [0.25, 0.3) is 11.1 Å². The van der Waals surface area contributed by atoms with Gasteiger partial charge in [-0.05, 0) is 41.5 Å². The number of hydrogen-bond donors (Lipinski definition) is 1. The van der Waals surface area contributed by atoms with Crippen LogP contribution in [-0.4, -0.2) is 0 Å². The molecule has 1 heterocycles. The van der Waals surface area contributed by atoms with E-state index in [4.69, 9.17) is 10.5 Å². The molecular formula is C21H19NO. The van der Waals surface area contributed by atoms with Crippen molar-refractivity contribution in [3.05, 3.63) is 77.9 Å². The molecule has 0 radical (unpaired) electrons. The first-order valence-electron chi connectivity index (χ1n) is 7.83. The summed E-state index contributed by atoms with van der Waals surface area (Å²) in [5.41, 5.74) is 11.3. The second-order valence-electron chi connectivity index (χ2n) is 6.56. The summed E-state index contributed by atoms with van der Waals surface area (Å²) in [5.74, 6) is 1.89. The molecule has 114 valence electrons. The lowest BCUT2D eigenvalue weighted by atomic mass is 9.75. The Kier molecular flexibility index (Phi) is 2.95. The third-order valence-corrected chi connectivity index (χ3v) is 4.68. The smallest absolute Gasteiger partial charge is 0.131 e. The van der Waals surface area contributed by atoms with E-state index >= 15 is 0 Å². The van der Waals surface area contributed by atoms with Crippen LogP contribution in [0.1, 0.15) is 25.0 Å². The van der Waals surface area contributed by atoms with Crippen LogP contribution in [-0.2, 0) is 5.41 Å². The highest BCUT2D eigenvalue weighted by Gasteiger charge is 2.34. The normalized spacial score (nSPS) is 14.5. The molecule has 0 atom stereocenters. The van der Waals surface area contributed by atoms with Crippen LogP contribution >= 0.6 is 0 Å². The summed E-state index contributed by atoms with van der Waals surface area (Å²) in [6.07, 6.45) is 0. The number of nitrogen functional groups attached to an aromatic ring is 1. The van der Waals surface area contributed by atoms with Crippen molar-refractivity contribution in [3.8, 4) is 22.6 Å². The van der Waals surface area contributed by atoms with Crippen LogP contribution in [0.5, 0.6) is 11.5 Å². The van der Waals surface area contributed by atoms with Crippen molar-refractivity contribution in [3.63, 3.8) is 0 Å². The minimum atomic E-state index is -0.0893. The highest BCUT2D eigenvalue weighted by atomic mass is 16.5. The Morgan fingerprint density at radius 3 is 2.17 bits per heavy atom. The van der Waals surface area contributed by atoms with Gasteiger partial charge in [-0.1, -0.05) is 50.2 Å². The molecule has 0 saturated carbocycles. The molecule has 0 aromatic heterocycles. The maximum atomic E-state index is 6.10. The predicted molar refractivity (Wildman–Crippen MR) is 94.9 cm³/mol. The predicted octanol–water partition coefficient (Wildman–Crippen LogP) is 5.37. The zero-order valence-corrected chi connectivity index (χ0v) is 13.3. The van der Waals surface area contributed by atoms with Crippen LogP contribution in [0.4, 0.5) is 5.69 Å². The first-order valence-corrected chi connectivity index (χ1v) is 7.83. The van der Waals surface area contributed by atoms with Gasteiger partial charge in [-0.3, -0.25) is 0 Å². The lowest BCUT2D eigenvalue weighted by molar-refractivity contribution is 0.418. The Morgan fingerprint density at radius 2 is 1.39 bits per heavy atom. The van der Waals surface area contributed by atoms with Gasteiger partial charge in [0, 0.05) is 22.2 Å². The minimum absolute atomic E-state index is 0.0893. The summed E-state index contributed by atoms with van der Waals surface area (Å²) in [7, 11) is 0. The molecule has 0 amide bonds. The fourth-order valence-corrected chi connectivity index (χ4v) is 3.30. The number of anilines is 1. The number of para-hydroxylation sites is 1. The summed E-state index contributed by atoms with van der Waals surface area (Å²) in [5, 5.41) is 0. The SMILES string of the molecule is CC1(C)c2ccccc2Oc2ccc(-c3ccc(N)cc3)cc21. The fraction of sp³-hybridized carbons (Fsp3) is 0.143. The molecule has 3 aromatic rings. The van der Waals surface area contributed by atoms with Gasteiger partial charge in [0.1, 0.15) is 11.5 Å². The van der Waals surface area contributed by atoms with E-state index in [9.17, 15) is 0 Å². The molecule has 2 nitrogen and oxygen atoms in total. The van der Waals surface area contributed by atoms with E-state index in [1.165, 1.54) is 16.7 Å². The summed E-state index contributed by atoms with van der Waals surface area (Å²) >= 11 is 0. The monoisotopic (exact) mass is 301 g/mol. The van der Waals surface area contributed by atoms with E-state index in [1.807, 2.05) is 24.3 Å². The molecule has 0 aliphatic carbocycles. The van der Waals surface area contributed by atoms with Crippen molar-refractivity contribution in [2.75, 3.05) is 5.73 Å². The van der Waals surface area contributed by atoms with E-state index in [1.54, 1.807) is 0 Å². The van der Waals surface area contributed by atoms with Gasteiger partial charge >= 0.3 is 0 Å². The zero-order chi connectivity index (χ0) is 16.0. The van der Waals surface area contributed by atoms with Crippen LogP contribution in [0.2, 0.25) is 0 Å². The Balaban J connectivity index is 1.86. The van der Waals surface area contributed by atoms with Crippen molar-refractivity contribution in [1.82, 2.24) is 0 Å². The quantitative estimate of drug-likeness (QED) is 0.613. The van der Waals surface area contributed by atoms with Crippen molar-refractivity contribution in [2.24, 2.45) is 0 Å². The summed E-state index contributed by atoms with van der Waals surface area (Å²) in [4.78, 5) is 0. The second-order valence-corrected chi connectivity index (χ2v) is 6.56. The Morgan fingerprint density at radius 1 is 0.739 bits per heavy atom. The van der Waals surface area contributed by atoms with E-state index in [0.29, 0.717) is 0 Å². The minimum Gasteiger partial charge on any atom is -0.457 e. The highest BCUT2D eigenvalue weighted by molar-refractivity contribution is 5.70. The number of benzene rings is 3. The molecule has 0 unspecified atom stereocenters. The zero-order valence-electron chi connectivity index (χ0n) is 13.3. The highest BCUT2D eigenvalue weighted by Crippen LogP contribution is 2.48. The summed E-state index contributed by atoms with van der Waals surface area (Å²) < 4.78 is 6.10. The average Bonchev–Trinajstić information content (AvgIpc) is 2.56. The summed E-state index contributed by atoms with van der Waals surface area (Å²) in [6.45, 7) is 4.50. The Hall–Kier alpha value is -2.74. The molecule has 1 aliphatic heterocycles. The number of nitrogens with two attached hydrogens (primary N) is 1. The standard InChI is InChI=1S/C21H19NO/c1-21(2)17-5-3-4-6-19(17)23-20-12-9-15(13-18(20)21)14-7-10-16(22)11-8-14/h3-13H,22H2,1-2H3.